The minimum atomic E-state index is -0.930. The summed E-state index contributed by atoms with van der Waals surface area (Å²) in [7, 11) is 0. The molecule has 5 nitrogen and oxygen atoms in total. The van der Waals surface area contributed by atoms with Gasteiger partial charge < -0.3 is 4.42 Å². The first kappa shape index (κ1) is 15.9. The molecule has 1 aliphatic rings. The molecule has 0 fully saturated rings. The summed E-state index contributed by atoms with van der Waals surface area (Å²) in [5.41, 5.74) is 0.344. The Morgan fingerprint density at radius 1 is 1.07 bits per heavy atom. The number of aromatic nitrogens is 1. The average Bonchev–Trinajstić information content (AvgIpc) is 3.29. The number of carbonyl (C=O) groups is 1. The number of fused-ring (bicyclic) bond motifs is 2. The zero-order valence-corrected chi connectivity index (χ0v) is 14.6. The average molecular weight is 378 g/mol. The van der Waals surface area contributed by atoms with Gasteiger partial charge in [0.1, 0.15) is 17.4 Å². The van der Waals surface area contributed by atoms with Crippen LogP contribution in [0.25, 0.3) is 11.0 Å². The van der Waals surface area contributed by atoms with Crippen LogP contribution in [0.3, 0.4) is 0 Å². The van der Waals surface area contributed by atoms with E-state index in [-0.39, 0.29) is 22.3 Å². The summed E-state index contributed by atoms with van der Waals surface area (Å²) >= 11 is 1.24. The Bertz CT molecular complexity index is 1250. The molecule has 0 aliphatic carbocycles. The fourth-order valence-corrected chi connectivity index (χ4v) is 4.11. The molecule has 0 N–H and O–H groups in total. The smallest absolute Gasteiger partial charge is 0.297 e. The summed E-state index contributed by atoms with van der Waals surface area (Å²) in [6, 6.07) is 11.9. The number of hydrogen-bond donors (Lipinski definition) is 0. The maximum atomic E-state index is 14.6. The zero-order valence-electron chi connectivity index (χ0n) is 13.8. The number of amides is 1. The molecule has 0 saturated heterocycles. The highest BCUT2D eigenvalue weighted by Crippen LogP contribution is 2.42. The third kappa shape index (κ3) is 2.25. The second-order valence-electron chi connectivity index (χ2n) is 6.08. The first-order valence-corrected chi connectivity index (χ1v) is 9.08. The van der Waals surface area contributed by atoms with E-state index < -0.39 is 17.8 Å². The molecular formula is C20H11FN2O3S. The number of para-hydroxylation sites is 1. The summed E-state index contributed by atoms with van der Waals surface area (Å²) < 4.78 is 20.4. The second-order valence-corrected chi connectivity index (χ2v) is 6.96. The fraction of sp³-hybridized carbons (Fsp3) is 0.0500. The predicted molar refractivity (Wildman–Crippen MR) is 99.7 cm³/mol. The first-order chi connectivity index (χ1) is 13.2. The van der Waals surface area contributed by atoms with Crippen LogP contribution in [0, 0.1) is 5.82 Å². The van der Waals surface area contributed by atoms with Gasteiger partial charge in [-0.05, 0) is 18.2 Å². The van der Waals surface area contributed by atoms with Crippen molar-refractivity contribution < 1.29 is 13.6 Å². The Morgan fingerprint density at radius 2 is 1.85 bits per heavy atom. The number of hydrogen-bond acceptors (Lipinski definition) is 5. The lowest BCUT2D eigenvalue weighted by Crippen LogP contribution is -2.29. The Labute approximate surface area is 156 Å². The molecule has 3 heterocycles. The van der Waals surface area contributed by atoms with Crippen LogP contribution in [-0.2, 0) is 0 Å². The molecule has 0 spiro atoms. The van der Waals surface area contributed by atoms with Crippen molar-refractivity contribution in [2.75, 3.05) is 4.90 Å². The Balaban J connectivity index is 1.87. The number of benzene rings is 2. The van der Waals surface area contributed by atoms with Crippen LogP contribution in [-0.4, -0.2) is 10.9 Å². The normalized spacial score (nSPS) is 16.1. The molecule has 5 rings (SSSR count). The SMILES string of the molecule is O=C1c2oc3ccccc3c(=O)c2C(c2ccccc2F)N1c1nccs1. The molecule has 1 aliphatic heterocycles. The van der Waals surface area contributed by atoms with Gasteiger partial charge in [0.25, 0.3) is 5.91 Å². The summed E-state index contributed by atoms with van der Waals surface area (Å²) in [4.78, 5) is 31.8. The monoisotopic (exact) mass is 378 g/mol. The van der Waals surface area contributed by atoms with E-state index in [1.807, 2.05) is 0 Å². The van der Waals surface area contributed by atoms with Gasteiger partial charge in [-0.15, -0.1) is 11.3 Å². The maximum absolute atomic E-state index is 14.6. The van der Waals surface area contributed by atoms with E-state index in [2.05, 4.69) is 4.98 Å². The van der Waals surface area contributed by atoms with E-state index in [4.69, 9.17) is 4.42 Å². The summed E-state index contributed by atoms with van der Waals surface area (Å²) in [5.74, 6) is -1.07. The molecule has 0 radical (unpaired) electrons. The van der Waals surface area contributed by atoms with Gasteiger partial charge in [-0.2, -0.15) is 0 Å². The number of halogens is 1. The molecule has 7 heteroatoms. The van der Waals surface area contributed by atoms with Crippen LogP contribution in [0.2, 0.25) is 0 Å². The first-order valence-electron chi connectivity index (χ1n) is 8.20. The lowest BCUT2D eigenvalue weighted by Gasteiger charge is -2.22. The van der Waals surface area contributed by atoms with Gasteiger partial charge in [-0.1, -0.05) is 30.3 Å². The molecular weight excluding hydrogens is 367 g/mol. The third-order valence-electron chi connectivity index (χ3n) is 4.60. The lowest BCUT2D eigenvalue weighted by atomic mass is 9.98. The lowest BCUT2D eigenvalue weighted by molar-refractivity contribution is 0.0970. The van der Waals surface area contributed by atoms with Crippen LogP contribution in [0.5, 0.6) is 0 Å². The van der Waals surface area contributed by atoms with Crippen LogP contribution in [0.1, 0.15) is 27.7 Å². The van der Waals surface area contributed by atoms with Gasteiger partial charge in [0.15, 0.2) is 10.6 Å². The largest absolute Gasteiger partial charge is 0.450 e. The van der Waals surface area contributed by atoms with Crippen molar-refractivity contribution in [3.8, 4) is 0 Å². The number of thiazole rings is 1. The van der Waals surface area contributed by atoms with E-state index >= 15 is 0 Å². The molecule has 27 heavy (non-hydrogen) atoms. The zero-order chi connectivity index (χ0) is 18.5. The van der Waals surface area contributed by atoms with Gasteiger partial charge in [0.2, 0.25) is 5.76 Å². The number of nitrogens with zero attached hydrogens (tertiary/aromatic N) is 2. The van der Waals surface area contributed by atoms with E-state index in [1.54, 1.807) is 54.0 Å². The van der Waals surface area contributed by atoms with Crippen molar-refractivity contribution in [2.24, 2.45) is 0 Å². The van der Waals surface area contributed by atoms with Crippen molar-refractivity contribution in [1.82, 2.24) is 4.98 Å². The molecule has 1 atom stereocenters. The van der Waals surface area contributed by atoms with Gasteiger partial charge in [0, 0.05) is 17.1 Å². The minimum absolute atomic E-state index is 0.0675. The standard InChI is InChI=1S/C20H11FN2O3S/c21-13-7-3-1-5-11(13)16-15-17(24)12-6-2-4-8-14(12)26-18(15)19(25)23(16)20-22-9-10-27-20/h1-10,16H. The summed E-state index contributed by atoms with van der Waals surface area (Å²) in [6.45, 7) is 0. The van der Waals surface area contributed by atoms with E-state index in [0.29, 0.717) is 16.1 Å². The molecule has 132 valence electrons. The van der Waals surface area contributed by atoms with Crippen LogP contribution in [0.4, 0.5) is 9.52 Å². The van der Waals surface area contributed by atoms with Gasteiger partial charge in [-0.25, -0.2) is 9.37 Å². The molecule has 0 bridgehead atoms. The number of anilines is 1. The van der Waals surface area contributed by atoms with Crippen LogP contribution in [0.15, 0.2) is 69.3 Å². The molecule has 2 aromatic carbocycles. The second kappa shape index (κ2) is 5.85. The van der Waals surface area contributed by atoms with E-state index in [9.17, 15) is 14.0 Å². The Hall–Kier alpha value is -3.32. The Kier molecular flexibility index (Phi) is 3.45. The van der Waals surface area contributed by atoms with Gasteiger partial charge in [0.05, 0.1) is 10.9 Å². The third-order valence-corrected chi connectivity index (χ3v) is 5.37. The van der Waals surface area contributed by atoms with Crippen molar-refractivity contribution in [3.63, 3.8) is 0 Å². The minimum Gasteiger partial charge on any atom is -0.450 e. The molecule has 0 saturated carbocycles. The number of carbonyl (C=O) groups excluding carboxylic acids is 1. The van der Waals surface area contributed by atoms with Crippen molar-refractivity contribution >= 4 is 33.3 Å². The highest BCUT2D eigenvalue weighted by Gasteiger charge is 2.45. The molecule has 1 amide bonds. The van der Waals surface area contributed by atoms with Gasteiger partial charge >= 0.3 is 0 Å². The summed E-state index contributed by atoms with van der Waals surface area (Å²) in [6.07, 6.45) is 1.56. The quantitative estimate of drug-likeness (QED) is 0.526. The van der Waals surface area contributed by atoms with Crippen LogP contribution < -0.4 is 10.3 Å². The fourth-order valence-electron chi connectivity index (χ4n) is 3.44. The van der Waals surface area contributed by atoms with E-state index in [1.165, 1.54) is 22.3 Å². The number of rotatable bonds is 2. The molecule has 1 unspecified atom stereocenters. The maximum Gasteiger partial charge on any atom is 0.297 e. The van der Waals surface area contributed by atoms with Crippen molar-refractivity contribution in [1.29, 1.82) is 0 Å². The summed E-state index contributed by atoms with van der Waals surface area (Å²) in [5, 5.41) is 2.45. The van der Waals surface area contributed by atoms with Crippen LogP contribution >= 0.6 is 11.3 Å². The van der Waals surface area contributed by atoms with Crippen molar-refractivity contribution in [3.05, 3.63) is 93.0 Å². The van der Waals surface area contributed by atoms with E-state index in [0.717, 1.165) is 0 Å². The highest BCUT2D eigenvalue weighted by atomic mass is 32.1. The van der Waals surface area contributed by atoms with Gasteiger partial charge in [-0.3, -0.25) is 14.5 Å². The topological polar surface area (TPSA) is 63.4 Å². The highest BCUT2D eigenvalue weighted by molar-refractivity contribution is 7.13. The Morgan fingerprint density at radius 3 is 2.63 bits per heavy atom. The van der Waals surface area contributed by atoms with Crippen molar-refractivity contribution in [2.45, 2.75) is 6.04 Å². The molecule has 4 aromatic rings. The predicted octanol–water partition coefficient (Wildman–Crippen LogP) is 4.14. The molecule has 2 aromatic heterocycles.